The van der Waals surface area contributed by atoms with Gasteiger partial charge in [0, 0.05) is 17.5 Å². The number of anilines is 1. The van der Waals surface area contributed by atoms with Crippen LogP contribution in [0, 0.1) is 11.3 Å². The molecule has 1 N–H and O–H groups in total. The molecule has 0 bridgehead atoms. The summed E-state index contributed by atoms with van der Waals surface area (Å²) in [5.74, 6) is 0.535. The molecule has 1 amide bonds. The third kappa shape index (κ3) is 5.32. The molecule has 7 heteroatoms. The number of fused-ring (bicyclic) bond motifs is 1. The van der Waals surface area contributed by atoms with E-state index < -0.39 is 4.75 Å². The summed E-state index contributed by atoms with van der Waals surface area (Å²) < 4.78 is 4.63. The minimum absolute atomic E-state index is 0. The van der Waals surface area contributed by atoms with Crippen molar-refractivity contribution in [3.05, 3.63) is 54.1 Å². The van der Waals surface area contributed by atoms with Gasteiger partial charge in [0.1, 0.15) is 5.75 Å². The quantitative estimate of drug-likeness (QED) is 0.511. The van der Waals surface area contributed by atoms with Crippen LogP contribution in [0.5, 0.6) is 5.75 Å². The molecule has 176 valence electrons. The summed E-state index contributed by atoms with van der Waals surface area (Å²) in [6, 6.07) is 17.4. The average Bonchev–Trinajstić information content (AvgIpc) is 2.82. The first kappa shape index (κ1) is 25.4. The highest BCUT2D eigenvalue weighted by molar-refractivity contribution is 8.01. The molecule has 5 nitrogen and oxygen atoms in total. The van der Waals surface area contributed by atoms with E-state index in [1.165, 1.54) is 43.9 Å². The predicted octanol–water partition coefficient (Wildman–Crippen LogP) is 5.68. The Kier molecular flexibility index (Phi) is 8.33. The zero-order valence-electron chi connectivity index (χ0n) is 19.3. The molecule has 1 aliphatic heterocycles. The third-order valence-corrected chi connectivity index (χ3v) is 7.99. The maximum atomic E-state index is 13.2. The van der Waals surface area contributed by atoms with Gasteiger partial charge in [-0.2, -0.15) is 5.26 Å². The van der Waals surface area contributed by atoms with Crippen LogP contribution in [0.2, 0.25) is 0 Å². The lowest BCUT2D eigenvalue weighted by Gasteiger charge is -2.36. The number of carbonyl (C=O) groups excluding carboxylic acids is 1. The Morgan fingerprint density at radius 1 is 1.12 bits per heavy atom. The van der Waals surface area contributed by atoms with E-state index in [0.717, 1.165) is 29.3 Å². The van der Waals surface area contributed by atoms with Gasteiger partial charge < -0.3 is 15.0 Å². The molecule has 2 aliphatic rings. The summed E-state index contributed by atoms with van der Waals surface area (Å²) in [4.78, 5) is 15.7. The number of hydrogen-bond acceptors (Lipinski definition) is 5. The summed E-state index contributed by atoms with van der Waals surface area (Å²) >= 11 is 1.31. The summed E-state index contributed by atoms with van der Waals surface area (Å²) in [7, 11) is 1.73. The second kappa shape index (κ2) is 10.8. The van der Waals surface area contributed by atoms with Crippen molar-refractivity contribution in [3.63, 3.8) is 0 Å². The summed E-state index contributed by atoms with van der Waals surface area (Å²) in [6.07, 6.45) is 7.45. The van der Waals surface area contributed by atoms with Crippen molar-refractivity contribution in [1.29, 1.82) is 5.26 Å². The van der Waals surface area contributed by atoms with Gasteiger partial charge in [-0.15, -0.1) is 12.4 Å². The van der Waals surface area contributed by atoms with Gasteiger partial charge in [-0.1, -0.05) is 55.3 Å². The first-order chi connectivity index (χ1) is 15.5. The summed E-state index contributed by atoms with van der Waals surface area (Å²) in [6.45, 7) is 3.91. The van der Waals surface area contributed by atoms with E-state index in [-0.39, 0.29) is 23.9 Å². The van der Waals surface area contributed by atoms with Gasteiger partial charge in [0.25, 0.3) is 5.91 Å². The van der Waals surface area contributed by atoms with Gasteiger partial charge >= 0.3 is 0 Å². The van der Waals surface area contributed by atoms with Crippen molar-refractivity contribution < 1.29 is 9.53 Å². The maximum absolute atomic E-state index is 13.2. The van der Waals surface area contributed by atoms with E-state index in [2.05, 4.69) is 18.3 Å². The average molecular weight is 486 g/mol. The molecule has 1 heterocycles. The standard InChI is InChI=1S/C26H31N3O2S.ClH/c1-25(15-6-3-7-16-25)28-17-8-18-31-21-13-11-20(12-14-21)26(19-27)24(30)29(2)22-9-4-5-10-23(22)32-26;/h4-5,9-14,28H,3,6-8,15-18H2,1-2H3;1H. The van der Waals surface area contributed by atoms with Gasteiger partial charge in [-0.05, 0) is 62.6 Å². The van der Waals surface area contributed by atoms with E-state index in [4.69, 9.17) is 4.74 Å². The second-order valence-corrected chi connectivity index (χ2v) is 10.3. The molecule has 1 unspecified atom stereocenters. The zero-order valence-corrected chi connectivity index (χ0v) is 20.9. The number of thioether (sulfide) groups is 1. The number of ether oxygens (including phenoxy) is 1. The lowest BCUT2D eigenvalue weighted by atomic mass is 9.83. The summed E-state index contributed by atoms with van der Waals surface area (Å²) in [5, 5.41) is 13.8. The van der Waals surface area contributed by atoms with Crippen LogP contribution in [-0.4, -0.2) is 31.6 Å². The Labute approximate surface area is 207 Å². The minimum Gasteiger partial charge on any atom is -0.494 e. The first-order valence-electron chi connectivity index (χ1n) is 11.4. The van der Waals surface area contributed by atoms with Crippen LogP contribution in [0.4, 0.5) is 5.69 Å². The van der Waals surface area contributed by atoms with E-state index in [1.807, 2.05) is 48.5 Å². The molecule has 0 spiro atoms. The molecular weight excluding hydrogens is 454 g/mol. The topological polar surface area (TPSA) is 65.4 Å². The Hall–Kier alpha value is -2.20. The zero-order chi connectivity index (χ0) is 22.6. The number of likely N-dealkylation sites (N-methyl/N-ethyl adjacent to an activating group) is 1. The fourth-order valence-electron chi connectivity index (χ4n) is 4.64. The Morgan fingerprint density at radius 2 is 1.82 bits per heavy atom. The molecule has 0 aromatic heterocycles. The molecule has 2 aromatic rings. The second-order valence-electron chi connectivity index (χ2n) is 9.00. The molecule has 4 rings (SSSR count). The number of carbonyl (C=O) groups is 1. The largest absolute Gasteiger partial charge is 0.494 e. The number of rotatable bonds is 7. The van der Waals surface area contributed by atoms with Crippen LogP contribution in [0.3, 0.4) is 0 Å². The van der Waals surface area contributed by atoms with Crippen LogP contribution in [0.25, 0.3) is 0 Å². The van der Waals surface area contributed by atoms with Gasteiger partial charge in [0.2, 0.25) is 4.75 Å². The van der Waals surface area contributed by atoms with Crippen molar-refractivity contribution in [2.45, 2.75) is 60.6 Å². The fourth-order valence-corrected chi connectivity index (χ4v) is 5.95. The molecule has 2 aromatic carbocycles. The van der Waals surface area contributed by atoms with Crippen molar-refractivity contribution in [1.82, 2.24) is 5.32 Å². The molecule has 1 saturated carbocycles. The number of halogens is 1. The van der Waals surface area contributed by atoms with Gasteiger partial charge in [-0.3, -0.25) is 4.79 Å². The van der Waals surface area contributed by atoms with Crippen LogP contribution in [0.1, 0.15) is 51.0 Å². The van der Waals surface area contributed by atoms with Crippen LogP contribution in [-0.2, 0) is 9.54 Å². The molecule has 1 fully saturated rings. The molecule has 1 atom stereocenters. The Balaban J connectivity index is 0.00000306. The number of amides is 1. The van der Waals surface area contributed by atoms with Crippen molar-refractivity contribution in [2.24, 2.45) is 0 Å². The maximum Gasteiger partial charge on any atom is 0.262 e. The highest BCUT2D eigenvalue weighted by atomic mass is 35.5. The smallest absolute Gasteiger partial charge is 0.262 e. The van der Waals surface area contributed by atoms with E-state index >= 15 is 0 Å². The van der Waals surface area contributed by atoms with Gasteiger partial charge in [0.15, 0.2) is 0 Å². The summed E-state index contributed by atoms with van der Waals surface area (Å²) in [5.41, 5.74) is 1.79. The molecule has 0 radical (unpaired) electrons. The molecule has 1 aliphatic carbocycles. The minimum atomic E-state index is -1.29. The fraction of sp³-hybridized carbons (Fsp3) is 0.462. The van der Waals surface area contributed by atoms with E-state index in [9.17, 15) is 10.1 Å². The van der Waals surface area contributed by atoms with E-state index in [0.29, 0.717) is 12.2 Å². The lowest BCUT2D eigenvalue weighted by molar-refractivity contribution is -0.119. The number of hydrogen-bond donors (Lipinski definition) is 1. The Bertz CT molecular complexity index is 1000. The van der Waals surface area contributed by atoms with Crippen molar-refractivity contribution in [2.75, 3.05) is 25.1 Å². The highest BCUT2D eigenvalue weighted by Crippen LogP contribution is 2.50. The Morgan fingerprint density at radius 3 is 2.52 bits per heavy atom. The number of nitrogens with one attached hydrogen (secondary N) is 1. The van der Waals surface area contributed by atoms with Gasteiger partial charge in [-0.25, -0.2) is 0 Å². The normalized spacial score (nSPS) is 21.5. The van der Waals surface area contributed by atoms with Gasteiger partial charge in [0.05, 0.1) is 18.4 Å². The number of benzene rings is 2. The van der Waals surface area contributed by atoms with Crippen LogP contribution >= 0.6 is 24.2 Å². The third-order valence-electron chi connectivity index (χ3n) is 6.61. The van der Waals surface area contributed by atoms with Crippen molar-refractivity contribution in [3.8, 4) is 11.8 Å². The SMILES string of the molecule is CN1C(=O)C(C#N)(c2ccc(OCCCNC3(C)CCCCC3)cc2)Sc2ccccc21.Cl. The predicted molar refractivity (Wildman–Crippen MR) is 136 cm³/mol. The van der Waals surface area contributed by atoms with Crippen molar-refractivity contribution >= 4 is 35.8 Å². The lowest BCUT2D eigenvalue weighted by Crippen LogP contribution is -2.45. The monoisotopic (exact) mass is 485 g/mol. The highest BCUT2D eigenvalue weighted by Gasteiger charge is 2.48. The first-order valence-corrected chi connectivity index (χ1v) is 12.2. The van der Waals surface area contributed by atoms with Crippen LogP contribution < -0.4 is 15.0 Å². The van der Waals surface area contributed by atoms with Crippen LogP contribution in [0.15, 0.2) is 53.4 Å². The molecule has 33 heavy (non-hydrogen) atoms. The number of nitrogens with zero attached hydrogens (tertiary/aromatic N) is 2. The molecular formula is C26H32ClN3O2S. The molecule has 0 saturated heterocycles. The van der Waals surface area contributed by atoms with E-state index in [1.54, 1.807) is 11.9 Å². The number of para-hydroxylation sites is 1. The number of nitriles is 1.